The molecule has 0 aromatic heterocycles. The molecule has 19 heavy (non-hydrogen) atoms. The highest BCUT2D eigenvalue weighted by molar-refractivity contribution is 5.32. The van der Waals surface area contributed by atoms with E-state index < -0.39 is 6.10 Å². The van der Waals surface area contributed by atoms with Crippen LogP contribution in [0.5, 0.6) is 0 Å². The van der Waals surface area contributed by atoms with E-state index in [-0.39, 0.29) is 12.2 Å². The van der Waals surface area contributed by atoms with Crippen molar-refractivity contribution in [2.75, 3.05) is 0 Å². The summed E-state index contributed by atoms with van der Waals surface area (Å²) in [6.07, 6.45) is 10.5. The third-order valence-corrected chi connectivity index (χ3v) is 2.93. The van der Waals surface area contributed by atoms with Crippen molar-refractivity contribution in [3.05, 3.63) is 24.8 Å². The lowest BCUT2D eigenvalue weighted by atomic mass is 10.1. The van der Waals surface area contributed by atoms with Gasteiger partial charge in [0.1, 0.15) is 12.2 Å². The third-order valence-electron chi connectivity index (χ3n) is 2.93. The minimum Gasteiger partial charge on any atom is -0.377 e. The van der Waals surface area contributed by atoms with Crippen molar-refractivity contribution < 1.29 is 9.84 Å². The predicted molar refractivity (Wildman–Crippen MR) is 78.3 cm³/mol. The van der Waals surface area contributed by atoms with Gasteiger partial charge in [-0.1, -0.05) is 36.8 Å². The molecule has 3 unspecified atom stereocenters. The molecule has 3 atom stereocenters. The highest BCUT2D eigenvalue weighted by Crippen LogP contribution is 2.30. The molecular formula is C17H22O2. The standard InChI is InChI=1S/C17H22O2/c1-3-5-7-9-11-13-15(18)17-16(19-17)14-12-10-8-6-4-2/h3-5,15-18H,2,6,8,10,12,14H2,1H3. The Morgan fingerprint density at radius 3 is 2.89 bits per heavy atom. The second kappa shape index (κ2) is 9.45. The molecule has 1 aliphatic heterocycles. The molecule has 0 saturated carbocycles. The van der Waals surface area contributed by atoms with Gasteiger partial charge in [0.15, 0.2) is 0 Å². The zero-order valence-corrected chi connectivity index (χ0v) is 11.6. The summed E-state index contributed by atoms with van der Waals surface area (Å²) in [5.41, 5.74) is 0. The van der Waals surface area contributed by atoms with E-state index in [4.69, 9.17) is 4.74 Å². The summed E-state index contributed by atoms with van der Waals surface area (Å²) in [6, 6.07) is 0. The van der Waals surface area contributed by atoms with Crippen LogP contribution >= 0.6 is 0 Å². The number of aliphatic hydroxyl groups excluding tert-OH is 1. The van der Waals surface area contributed by atoms with Crippen LogP contribution in [0.4, 0.5) is 0 Å². The highest BCUT2D eigenvalue weighted by atomic mass is 16.6. The number of epoxide rings is 1. The Bertz CT molecular complexity index is 414. The summed E-state index contributed by atoms with van der Waals surface area (Å²) in [5, 5.41) is 9.76. The predicted octanol–water partition coefficient (Wildman–Crippen LogP) is 2.83. The number of rotatable bonds is 7. The van der Waals surface area contributed by atoms with Gasteiger partial charge in [-0.3, -0.25) is 0 Å². The fourth-order valence-electron chi connectivity index (χ4n) is 1.83. The topological polar surface area (TPSA) is 32.8 Å². The Kier molecular flexibility index (Phi) is 7.75. The molecule has 0 aromatic carbocycles. The van der Waals surface area contributed by atoms with Gasteiger partial charge in [-0.05, 0) is 44.1 Å². The second-order valence-electron chi connectivity index (χ2n) is 4.55. The molecule has 1 heterocycles. The zero-order valence-electron chi connectivity index (χ0n) is 11.6. The van der Waals surface area contributed by atoms with Crippen LogP contribution in [0.1, 0.15) is 39.0 Å². The molecule has 1 rings (SSSR count). The first-order chi connectivity index (χ1) is 9.29. The van der Waals surface area contributed by atoms with Crippen molar-refractivity contribution in [1.29, 1.82) is 0 Å². The number of aliphatic hydroxyl groups is 1. The molecule has 0 bridgehead atoms. The lowest BCUT2D eigenvalue weighted by Gasteiger charge is -1.98. The largest absolute Gasteiger partial charge is 0.377 e. The summed E-state index contributed by atoms with van der Waals surface area (Å²) < 4.78 is 5.43. The normalized spacial score (nSPS) is 22.0. The Morgan fingerprint density at radius 1 is 1.32 bits per heavy atom. The van der Waals surface area contributed by atoms with Crippen LogP contribution in [-0.4, -0.2) is 23.4 Å². The smallest absolute Gasteiger partial charge is 0.144 e. The first-order valence-corrected chi connectivity index (χ1v) is 6.86. The Balaban J connectivity index is 2.14. The molecule has 0 amide bonds. The second-order valence-corrected chi connectivity index (χ2v) is 4.55. The van der Waals surface area contributed by atoms with Crippen LogP contribution in [0.2, 0.25) is 0 Å². The fourth-order valence-corrected chi connectivity index (χ4v) is 1.83. The van der Waals surface area contributed by atoms with E-state index in [1.165, 1.54) is 12.8 Å². The van der Waals surface area contributed by atoms with Crippen molar-refractivity contribution in [2.24, 2.45) is 0 Å². The monoisotopic (exact) mass is 258 g/mol. The van der Waals surface area contributed by atoms with Crippen molar-refractivity contribution in [2.45, 2.75) is 57.3 Å². The van der Waals surface area contributed by atoms with Crippen LogP contribution < -0.4 is 0 Å². The van der Waals surface area contributed by atoms with Gasteiger partial charge in [0.25, 0.3) is 0 Å². The molecule has 0 spiro atoms. The van der Waals surface area contributed by atoms with Crippen LogP contribution in [-0.2, 0) is 4.74 Å². The molecule has 0 aromatic rings. The maximum absolute atomic E-state index is 9.76. The zero-order chi connectivity index (χ0) is 13.9. The van der Waals surface area contributed by atoms with Crippen LogP contribution in [0.25, 0.3) is 0 Å². The van der Waals surface area contributed by atoms with E-state index in [0.717, 1.165) is 19.3 Å². The molecule has 0 aliphatic carbocycles. The summed E-state index contributed by atoms with van der Waals surface area (Å²) in [5.74, 6) is 10.8. The number of hydrogen-bond donors (Lipinski definition) is 1. The first kappa shape index (κ1) is 15.6. The van der Waals surface area contributed by atoms with Gasteiger partial charge >= 0.3 is 0 Å². The van der Waals surface area contributed by atoms with Gasteiger partial charge < -0.3 is 9.84 Å². The summed E-state index contributed by atoms with van der Waals surface area (Å²) in [7, 11) is 0. The fraction of sp³-hybridized carbons (Fsp3) is 0.529. The minimum absolute atomic E-state index is 0.115. The number of allylic oxidation sites excluding steroid dienone is 3. The van der Waals surface area contributed by atoms with Crippen molar-refractivity contribution in [3.8, 4) is 23.7 Å². The van der Waals surface area contributed by atoms with Gasteiger partial charge in [-0.25, -0.2) is 0 Å². The van der Waals surface area contributed by atoms with Crippen LogP contribution in [0, 0.1) is 23.7 Å². The van der Waals surface area contributed by atoms with Gasteiger partial charge in [0.2, 0.25) is 0 Å². The maximum Gasteiger partial charge on any atom is 0.144 e. The molecule has 2 heteroatoms. The molecule has 0 radical (unpaired) electrons. The van der Waals surface area contributed by atoms with Crippen molar-refractivity contribution in [1.82, 2.24) is 0 Å². The average Bonchev–Trinajstić information content (AvgIpc) is 3.18. The number of hydrogen-bond acceptors (Lipinski definition) is 2. The van der Waals surface area contributed by atoms with Gasteiger partial charge in [-0.2, -0.15) is 0 Å². The SMILES string of the molecule is C=CCCCCCC1OC1C(O)C#CC#CC=CC. The highest BCUT2D eigenvalue weighted by Gasteiger charge is 2.42. The third kappa shape index (κ3) is 6.87. The van der Waals surface area contributed by atoms with E-state index in [2.05, 4.69) is 30.3 Å². The summed E-state index contributed by atoms with van der Waals surface area (Å²) in [4.78, 5) is 0. The summed E-state index contributed by atoms with van der Waals surface area (Å²) >= 11 is 0. The van der Waals surface area contributed by atoms with E-state index in [1.54, 1.807) is 6.08 Å². The minimum atomic E-state index is -0.710. The maximum atomic E-state index is 9.76. The van der Waals surface area contributed by atoms with Gasteiger partial charge in [0.05, 0.1) is 6.10 Å². The Hall–Kier alpha value is -1.48. The first-order valence-electron chi connectivity index (χ1n) is 6.86. The lowest BCUT2D eigenvalue weighted by Crippen LogP contribution is -2.14. The van der Waals surface area contributed by atoms with E-state index in [9.17, 15) is 5.11 Å². The van der Waals surface area contributed by atoms with Crippen molar-refractivity contribution >= 4 is 0 Å². The van der Waals surface area contributed by atoms with E-state index >= 15 is 0 Å². The molecule has 1 saturated heterocycles. The van der Waals surface area contributed by atoms with Crippen LogP contribution in [0.3, 0.4) is 0 Å². The summed E-state index contributed by atoms with van der Waals surface area (Å²) in [6.45, 7) is 5.60. The Labute approximate surface area is 116 Å². The molecule has 1 N–H and O–H groups in total. The van der Waals surface area contributed by atoms with Gasteiger partial charge in [-0.15, -0.1) is 6.58 Å². The van der Waals surface area contributed by atoms with Gasteiger partial charge in [0, 0.05) is 0 Å². The molecule has 1 fully saturated rings. The van der Waals surface area contributed by atoms with E-state index in [0.29, 0.717) is 0 Å². The molecular weight excluding hydrogens is 236 g/mol. The Morgan fingerprint density at radius 2 is 2.16 bits per heavy atom. The van der Waals surface area contributed by atoms with E-state index in [1.807, 2.05) is 19.1 Å². The molecule has 102 valence electrons. The van der Waals surface area contributed by atoms with Crippen LogP contribution in [0.15, 0.2) is 24.8 Å². The van der Waals surface area contributed by atoms with Crippen molar-refractivity contribution in [3.63, 3.8) is 0 Å². The molecule has 2 nitrogen and oxygen atoms in total. The molecule has 1 aliphatic rings. The lowest BCUT2D eigenvalue weighted by molar-refractivity contribution is 0.185. The number of unbranched alkanes of at least 4 members (excludes halogenated alkanes) is 3. The quantitative estimate of drug-likeness (QED) is 0.330. The number of ether oxygens (including phenoxy) is 1. The average molecular weight is 258 g/mol.